The van der Waals surface area contributed by atoms with Gasteiger partial charge in [-0.2, -0.15) is 0 Å². The van der Waals surface area contributed by atoms with Crippen molar-refractivity contribution in [2.45, 2.75) is 30.8 Å². The molecule has 154 valence electrons. The molecule has 3 aromatic rings. The Morgan fingerprint density at radius 2 is 1.20 bits per heavy atom. The van der Waals surface area contributed by atoms with Crippen LogP contribution in [0.3, 0.4) is 0 Å². The molecule has 3 aromatic carbocycles. The quantitative estimate of drug-likeness (QED) is 0.476. The molecular formula is C25H26N2O3. The molecule has 3 rings (SSSR count). The van der Waals surface area contributed by atoms with Crippen LogP contribution in [0.1, 0.15) is 36.0 Å². The number of hydrogen-bond donors (Lipinski definition) is 3. The molecule has 0 aromatic heterocycles. The lowest BCUT2D eigenvalue weighted by Gasteiger charge is -2.37. The zero-order valence-corrected chi connectivity index (χ0v) is 16.7. The summed E-state index contributed by atoms with van der Waals surface area (Å²) in [5, 5.41) is 12.2. The normalized spacial score (nSPS) is 12.2. The summed E-state index contributed by atoms with van der Waals surface area (Å²) in [6.45, 7) is 0. The van der Waals surface area contributed by atoms with Gasteiger partial charge in [0.1, 0.15) is 11.6 Å². The van der Waals surface area contributed by atoms with Crippen molar-refractivity contribution in [1.82, 2.24) is 5.32 Å². The molecule has 1 atom stereocenters. The minimum atomic E-state index is -1.05. The van der Waals surface area contributed by atoms with Gasteiger partial charge in [-0.05, 0) is 29.5 Å². The molecule has 0 aliphatic heterocycles. The van der Waals surface area contributed by atoms with E-state index in [4.69, 9.17) is 10.8 Å². The van der Waals surface area contributed by atoms with E-state index in [0.29, 0.717) is 6.42 Å². The number of carboxylic acid groups (broad SMARTS) is 1. The lowest BCUT2D eigenvalue weighted by Crippen LogP contribution is -2.47. The maximum absolute atomic E-state index is 13.0. The summed E-state index contributed by atoms with van der Waals surface area (Å²) < 4.78 is 0. The van der Waals surface area contributed by atoms with E-state index >= 15 is 0 Å². The number of carboxylic acids is 1. The topological polar surface area (TPSA) is 92.4 Å². The first-order chi connectivity index (χ1) is 14.5. The Morgan fingerprint density at radius 1 is 0.800 bits per heavy atom. The Hall–Kier alpha value is -3.44. The van der Waals surface area contributed by atoms with Gasteiger partial charge in [0.05, 0.1) is 0 Å². The molecule has 0 unspecified atom stereocenters. The Labute approximate surface area is 176 Å². The number of amides is 1. The number of carbonyl (C=O) groups is 2. The number of hydrogen-bond acceptors (Lipinski definition) is 3. The lowest BCUT2D eigenvalue weighted by atomic mass is 9.77. The maximum atomic E-state index is 13.0. The van der Waals surface area contributed by atoms with Crippen LogP contribution in [0.2, 0.25) is 0 Å². The second-order valence-electron chi connectivity index (χ2n) is 7.23. The molecule has 30 heavy (non-hydrogen) atoms. The Balaban J connectivity index is 1.99. The third-order valence-corrected chi connectivity index (χ3v) is 5.18. The van der Waals surface area contributed by atoms with E-state index in [1.54, 1.807) is 0 Å². The van der Waals surface area contributed by atoms with Crippen LogP contribution in [0, 0.1) is 0 Å². The first kappa shape index (κ1) is 21.3. The molecule has 5 nitrogen and oxygen atoms in total. The van der Waals surface area contributed by atoms with Gasteiger partial charge in [-0.1, -0.05) is 91.0 Å². The molecular weight excluding hydrogens is 376 g/mol. The first-order valence-electron chi connectivity index (χ1n) is 10.00. The first-order valence-corrected chi connectivity index (χ1v) is 10.00. The van der Waals surface area contributed by atoms with E-state index < -0.39 is 17.6 Å². The van der Waals surface area contributed by atoms with Gasteiger partial charge < -0.3 is 16.2 Å². The SMILES string of the molecule is N[C@@H](CCCC(=O)NC(c1ccccc1)(c1ccccc1)c1ccccc1)C(=O)O. The average Bonchev–Trinajstić information content (AvgIpc) is 2.79. The van der Waals surface area contributed by atoms with Crippen molar-refractivity contribution in [3.8, 4) is 0 Å². The summed E-state index contributed by atoms with van der Waals surface area (Å²) in [6.07, 6.45) is 0.834. The maximum Gasteiger partial charge on any atom is 0.320 e. The number of aliphatic carboxylic acids is 1. The van der Waals surface area contributed by atoms with E-state index in [0.717, 1.165) is 16.7 Å². The predicted octanol–water partition coefficient (Wildman–Crippen LogP) is 3.68. The third kappa shape index (κ3) is 4.75. The number of benzene rings is 3. The van der Waals surface area contributed by atoms with E-state index in [1.807, 2.05) is 91.0 Å². The molecule has 0 saturated carbocycles. The molecule has 0 aliphatic rings. The largest absolute Gasteiger partial charge is 0.480 e. The molecule has 5 heteroatoms. The molecule has 0 radical (unpaired) electrons. The minimum absolute atomic E-state index is 0.163. The highest BCUT2D eigenvalue weighted by atomic mass is 16.4. The van der Waals surface area contributed by atoms with Crippen LogP contribution in [0.15, 0.2) is 91.0 Å². The summed E-state index contributed by atoms with van der Waals surface area (Å²) >= 11 is 0. The van der Waals surface area contributed by atoms with Crippen LogP contribution in [-0.4, -0.2) is 23.0 Å². The fourth-order valence-corrected chi connectivity index (χ4v) is 3.66. The zero-order chi connectivity index (χ0) is 21.4. The molecule has 0 spiro atoms. The molecule has 0 fully saturated rings. The van der Waals surface area contributed by atoms with Gasteiger partial charge in [0.25, 0.3) is 0 Å². The summed E-state index contributed by atoms with van der Waals surface area (Å²) in [5.41, 5.74) is 7.53. The molecule has 0 aliphatic carbocycles. The Morgan fingerprint density at radius 3 is 1.57 bits per heavy atom. The highest BCUT2D eigenvalue weighted by Gasteiger charge is 2.37. The predicted molar refractivity (Wildman–Crippen MR) is 117 cm³/mol. The van der Waals surface area contributed by atoms with E-state index in [-0.39, 0.29) is 18.7 Å². The summed E-state index contributed by atoms with van der Waals surface area (Å²) in [7, 11) is 0. The second kappa shape index (κ2) is 9.85. The van der Waals surface area contributed by atoms with Gasteiger partial charge >= 0.3 is 5.97 Å². The van der Waals surface area contributed by atoms with Gasteiger partial charge in [0.2, 0.25) is 5.91 Å². The van der Waals surface area contributed by atoms with Crippen molar-refractivity contribution in [2.75, 3.05) is 0 Å². The molecule has 1 amide bonds. The van der Waals surface area contributed by atoms with Gasteiger partial charge in [0.15, 0.2) is 0 Å². The number of nitrogens with two attached hydrogens (primary N) is 1. The van der Waals surface area contributed by atoms with Crippen molar-refractivity contribution in [3.63, 3.8) is 0 Å². The van der Waals surface area contributed by atoms with Crippen molar-refractivity contribution >= 4 is 11.9 Å². The van der Waals surface area contributed by atoms with Crippen LogP contribution < -0.4 is 11.1 Å². The number of nitrogens with one attached hydrogen (secondary N) is 1. The molecule has 0 bridgehead atoms. The number of rotatable bonds is 9. The van der Waals surface area contributed by atoms with E-state index in [9.17, 15) is 9.59 Å². The van der Waals surface area contributed by atoms with Gasteiger partial charge in [-0.3, -0.25) is 9.59 Å². The van der Waals surface area contributed by atoms with Crippen molar-refractivity contribution < 1.29 is 14.7 Å². The molecule has 0 heterocycles. The van der Waals surface area contributed by atoms with Crippen LogP contribution in [0.5, 0.6) is 0 Å². The fourth-order valence-electron chi connectivity index (χ4n) is 3.66. The molecule has 4 N–H and O–H groups in total. The summed E-state index contributed by atoms with van der Waals surface area (Å²) in [5.74, 6) is -1.22. The van der Waals surface area contributed by atoms with Crippen molar-refractivity contribution in [1.29, 1.82) is 0 Å². The highest BCUT2D eigenvalue weighted by Crippen LogP contribution is 2.36. The van der Waals surface area contributed by atoms with Gasteiger partial charge in [-0.15, -0.1) is 0 Å². The van der Waals surface area contributed by atoms with Gasteiger partial charge in [-0.25, -0.2) is 0 Å². The van der Waals surface area contributed by atoms with Crippen molar-refractivity contribution in [2.24, 2.45) is 5.73 Å². The second-order valence-corrected chi connectivity index (χ2v) is 7.23. The van der Waals surface area contributed by atoms with Crippen LogP contribution in [0.25, 0.3) is 0 Å². The highest BCUT2D eigenvalue weighted by molar-refractivity contribution is 5.79. The number of carbonyl (C=O) groups excluding carboxylic acids is 1. The standard InChI is InChI=1S/C25H26N2O3/c26-22(24(29)30)17-10-18-23(28)27-25(19-11-4-1-5-12-19,20-13-6-2-7-14-20)21-15-8-3-9-16-21/h1-9,11-16,22H,10,17-18,26H2,(H,27,28)(H,29,30)/t22-/m0/s1. The minimum Gasteiger partial charge on any atom is -0.480 e. The molecule has 0 saturated heterocycles. The average molecular weight is 402 g/mol. The van der Waals surface area contributed by atoms with E-state index in [1.165, 1.54) is 0 Å². The Bertz CT molecular complexity index is 863. The lowest BCUT2D eigenvalue weighted by molar-refractivity contribution is -0.138. The van der Waals surface area contributed by atoms with E-state index in [2.05, 4.69) is 5.32 Å². The Kier molecular flexibility index (Phi) is 6.99. The van der Waals surface area contributed by atoms with Crippen LogP contribution in [0.4, 0.5) is 0 Å². The van der Waals surface area contributed by atoms with Crippen LogP contribution >= 0.6 is 0 Å². The monoisotopic (exact) mass is 402 g/mol. The van der Waals surface area contributed by atoms with Crippen LogP contribution in [-0.2, 0) is 15.1 Å². The summed E-state index contributed by atoms with van der Waals surface area (Å²) in [4.78, 5) is 24.0. The third-order valence-electron chi connectivity index (χ3n) is 5.18. The zero-order valence-electron chi connectivity index (χ0n) is 16.7. The fraction of sp³-hybridized carbons (Fsp3) is 0.200. The van der Waals surface area contributed by atoms with Gasteiger partial charge in [0, 0.05) is 6.42 Å². The smallest absolute Gasteiger partial charge is 0.320 e. The summed E-state index contributed by atoms with van der Waals surface area (Å²) in [6, 6.07) is 28.6. The van der Waals surface area contributed by atoms with Crippen molar-refractivity contribution in [3.05, 3.63) is 108 Å².